The molecule has 20 heavy (non-hydrogen) atoms. The summed E-state index contributed by atoms with van der Waals surface area (Å²) in [6.07, 6.45) is 3.24. The third-order valence-electron chi connectivity index (χ3n) is 3.90. The van der Waals surface area contributed by atoms with Crippen LogP contribution in [-0.4, -0.2) is 38.3 Å². The number of aromatic nitrogens is 1. The molecule has 0 atom stereocenters. The van der Waals surface area contributed by atoms with Crippen LogP contribution >= 0.6 is 0 Å². The average molecular weight is 277 g/mol. The fourth-order valence-corrected chi connectivity index (χ4v) is 2.75. The van der Waals surface area contributed by atoms with E-state index in [0.717, 1.165) is 38.6 Å². The summed E-state index contributed by atoms with van der Waals surface area (Å²) in [5, 5.41) is 3.35. The summed E-state index contributed by atoms with van der Waals surface area (Å²) in [5.74, 6) is 1.15. The predicted octanol–water partition coefficient (Wildman–Crippen LogP) is 2.36. The number of aryl methyl sites for hydroxylation is 1. The summed E-state index contributed by atoms with van der Waals surface area (Å²) >= 11 is 0. The Morgan fingerprint density at radius 3 is 2.85 bits per heavy atom. The number of pyridine rings is 1. The molecule has 4 nitrogen and oxygen atoms in total. The minimum atomic E-state index is 0.411. The number of hydrogen-bond acceptors (Lipinski definition) is 4. The lowest BCUT2D eigenvalue weighted by atomic mass is 9.93. The second-order valence-corrected chi connectivity index (χ2v) is 6.49. The van der Waals surface area contributed by atoms with Crippen molar-refractivity contribution in [2.45, 2.75) is 33.7 Å². The van der Waals surface area contributed by atoms with Crippen molar-refractivity contribution in [2.75, 3.05) is 38.3 Å². The maximum atomic E-state index is 5.02. The molecule has 1 N–H and O–H groups in total. The van der Waals surface area contributed by atoms with Crippen LogP contribution in [-0.2, 0) is 11.3 Å². The molecule has 2 heterocycles. The predicted molar refractivity (Wildman–Crippen MR) is 83.2 cm³/mol. The van der Waals surface area contributed by atoms with Gasteiger partial charge in [0, 0.05) is 39.5 Å². The molecule has 112 valence electrons. The van der Waals surface area contributed by atoms with E-state index in [0.29, 0.717) is 5.41 Å². The molecule has 0 unspecified atom stereocenters. The van der Waals surface area contributed by atoms with Crippen LogP contribution < -0.4 is 10.2 Å². The van der Waals surface area contributed by atoms with E-state index in [9.17, 15) is 0 Å². The molecular formula is C16H27N3O. The first-order chi connectivity index (χ1) is 9.52. The summed E-state index contributed by atoms with van der Waals surface area (Å²) in [5.41, 5.74) is 2.92. The van der Waals surface area contributed by atoms with Crippen LogP contribution in [0.5, 0.6) is 0 Å². The van der Waals surface area contributed by atoms with Crippen molar-refractivity contribution >= 4 is 5.82 Å². The number of methoxy groups -OCH3 is 1. The van der Waals surface area contributed by atoms with E-state index in [2.05, 4.69) is 42.0 Å². The Kier molecular flexibility index (Phi) is 5.00. The molecule has 1 aromatic heterocycles. The smallest absolute Gasteiger partial charge is 0.131 e. The lowest BCUT2D eigenvalue weighted by molar-refractivity contribution is 0.199. The Balaban J connectivity index is 1.96. The van der Waals surface area contributed by atoms with Crippen molar-refractivity contribution in [2.24, 2.45) is 5.41 Å². The second kappa shape index (κ2) is 6.55. The molecule has 1 fully saturated rings. The zero-order valence-corrected chi connectivity index (χ0v) is 13.2. The molecule has 4 heteroatoms. The maximum Gasteiger partial charge on any atom is 0.131 e. The van der Waals surface area contributed by atoms with Gasteiger partial charge in [-0.15, -0.1) is 0 Å². The minimum absolute atomic E-state index is 0.411. The van der Waals surface area contributed by atoms with Crippen molar-refractivity contribution in [1.82, 2.24) is 10.3 Å². The van der Waals surface area contributed by atoms with Crippen molar-refractivity contribution in [1.29, 1.82) is 0 Å². The van der Waals surface area contributed by atoms with Crippen molar-refractivity contribution in [3.05, 3.63) is 23.4 Å². The normalized spacial score (nSPS) is 17.7. The second-order valence-electron chi connectivity index (χ2n) is 6.49. The molecule has 2 rings (SSSR count). The molecule has 1 saturated heterocycles. The Morgan fingerprint density at radius 1 is 1.45 bits per heavy atom. The number of ether oxygens (including phenoxy) is 1. The molecule has 1 aliphatic heterocycles. The fourth-order valence-electron chi connectivity index (χ4n) is 2.75. The van der Waals surface area contributed by atoms with E-state index in [1.165, 1.54) is 17.5 Å². The van der Waals surface area contributed by atoms with Crippen LogP contribution in [0, 0.1) is 12.3 Å². The summed E-state index contributed by atoms with van der Waals surface area (Å²) in [6.45, 7) is 11.5. The largest absolute Gasteiger partial charge is 0.383 e. The molecule has 0 spiro atoms. The van der Waals surface area contributed by atoms with Crippen molar-refractivity contribution < 1.29 is 4.74 Å². The van der Waals surface area contributed by atoms with Gasteiger partial charge in [-0.25, -0.2) is 4.98 Å². The third kappa shape index (κ3) is 3.93. The first kappa shape index (κ1) is 15.3. The van der Waals surface area contributed by atoms with E-state index in [1.54, 1.807) is 7.11 Å². The van der Waals surface area contributed by atoms with Gasteiger partial charge in [0.05, 0.1) is 6.61 Å². The van der Waals surface area contributed by atoms with Gasteiger partial charge in [0.2, 0.25) is 0 Å². The molecule has 0 bridgehead atoms. The molecule has 1 aliphatic rings. The quantitative estimate of drug-likeness (QED) is 0.810. The van der Waals surface area contributed by atoms with Gasteiger partial charge in [0.1, 0.15) is 5.82 Å². The molecule has 0 radical (unpaired) electrons. The minimum Gasteiger partial charge on any atom is -0.383 e. The van der Waals surface area contributed by atoms with Gasteiger partial charge in [0.15, 0.2) is 0 Å². The highest BCUT2D eigenvalue weighted by atomic mass is 16.5. The Hall–Kier alpha value is -1.13. The molecule has 0 amide bonds. The van der Waals surface area contributed by atoms with E-state index in [-0.39, 0.29) is 0 Å². The Morgan fingerprint density at radius 2 is 2.25 bits per heavy atom. The highest BCUT2D eigenvalue weighted by Gasteiger charge is 2.30. The van der Waals surface area contributed by atoms with Gasteiger partial charge in [-0.1, -0.05) is 13.8 Å². The zero-order chi connectivity index (χ0) is 14.6. The number of anilines is 1. The van der Waals surface area contributed by atoms with Gasteiger partial charge in [0.25, 0.3) is 0 Å². The summed E-state index contributed by atoms with van der Waals surface area (Å²) in [7, 11) is 1.72. The number of rotatable bonds is 6. The van der Waals surface area contributed by atoms with Gasteiger partial charge < -0.3 is 15.0 Å². The topological polar surface area (TPSA) is 37.4 Å². The molecule has 0 saturated carbocycles. The SMILES string of the molecule is COCCNCc1cnc(N2CCC(C)(C)C2)c(C)c1. The van der Waals surface area contributed by atoms with E-state index >= 15 is 0 Å². The lowest BCUT2D eigenvalue weighted by Crippen LogP contribution is -2.24. The average Bonchev–Trinajstić information content (AvgIpc) is 2.75. The molecule has 0 aromatic carbocycles. The van der Waals surface area contributed by atoms with Crippen molar-refractivity contribution in [3.8, 4) is 0 Å². The Labute approximate surface area is 122 Å². The van der Waals surface area contributed by atoms with Gasteiger partial charge >= 0.3 is 0 Å². The Bertz CT molecular complexity index is 445. The highest BCUT2D eigenvalue weighted by molar-refractivity contribution is 5.48. The summed E-state index contributed by atoms with van der Waals surface area (Å²) < 4.78 is 5.02. The highest BCUT2D eigenvalue weighted by Crippen LogP contribution is 2.32. The zero-order valence-electron chi connectivity index (χ0n) is 13.2. The van der Waals surface area contributed by atoms with E-state index in [1.807, 2.05) is 6.20 Å². The van der Waals surface area contributed by atoms with Crippen LogP contribution in [0.25, 0.3) is 0 Å². The number of hydrogen-bond donors (Lipinski definition) is 1. The molecule has 0 aliphatic carbocycles. The molecule has 1 aromatic rings. The van der Waals surface area contributed by atoms with E-state index in [4.69, 9.17) is 4.74 Å². The van der Waals surface area contributed by atoms with Crippen LogP contribution in [0.1, 0.15) is 31.4 Å². The van der Waals surface area contributed by atoms with Gasteiger partial charge in [-0.2, -0.15) is 0 Å². The van der Waals surface area contributed by atoms with Gasteiger partial charge in [-0.05, 0) is 36.0 Å². The van der Waals surface area contributed by atoms with Gasteiger partial charge in [-0.3, -0.25) is 0 Å². The van der Waals surface area contributed by atoms with Crippen LogP contribution in [0.15, 0.2) is 12.3 Å². The van der Waals surface area contributed by atoms with Crippen molar-refractivity contribution in [3.63, 3.8) is 0 Å². The fraction of sp³-hybridized carbons (Fsp3) is 0.688. The number of nitrogens with zero attached hydrogens (tertiary/aromatic N) is 2. The van der Waals surface area contributed by atoms with Crippen LogP contribution in [0.3, 0.4) is 0 Å². The lowest BCUT2D eigenvalue weighted by Gasteiger charge is -2.22. The third-order valence-corrected chi connectivity index (χ3v) is 3.90. The molecular weight excluding hydrogens is 250 g/mol. The first-order valence-electron chi connectivity index (χ1n) is 7.42. The van der Waals surface area contributed by atoms with Crippen LogP contribution in [0.2, 0.25) is 0 Å². The van der Waals surface area contributed by atoms with E-state index < -0.39 is 0 Å². The standard InChI is InChI=1S/C16H27N3O/c1-13-9-14(10-17-6-8-20-4)11-18-15(13)19-7-5-16(2,3)12-19/h9,11,17H,5-8,10,12H2,1-4H3. The summed E-state index contributed by atoms with van der Waals surface area (Å²) in [6, 6.07) is 2.24. The first-order valence-corrected chi connectivity index (χ1v) is 7.42. The monoisotopic (exact) mass is 277 g/mol. The van der Waals surface area contributed by atoms with Crippen LogP contribution in [0.4, 0.5) is 5.82 Å². The number of nitrogens with one attached hydrogen (secondary N) is 1. The summed E-state index contributed by atoms with van der Waals surface area (Å²) in [4.78, 5) is 7.09. The maximum absolute atomic E-state index is 5.02.